The van der Waals surface area contributed by atoms with Gasteiger partial charge >= 0.3 is 0 Å². The van der Waals surface area contributed by atoms with Crippen LogP contribution >= 0.6 is 0 Å². The van der Waals surface area contributed by atoms with Gasteiger partial charge in [-0.25, -0.2) is 21.6 Å². The minimum Gasteiger partial charge on any atom is -0.389 e. The molecular formula is C13H21NO5S2. The summed E-state index contributed by atoms with van der Waals surface area (Å²) >= 11 is 0. The quantitative estimate of drug-likeness (QED) is 0.802. The number of hydrogen-bond acceptors (Lipinski definition) is 5. The van der Waals surface area contributed by atoms with Crippen molar-refractivity contribution in [2.75, 3.05) is 12.8 Å². The average Bonchev–Trinajstić information content (AvgIpc) is 2.35. The number of sulfone groups is 1. The number of aliphatic hydroxyl groups excluding tert-OH is 1. The lowest BCUT2D eigenvalue weighted by molar-refractivity contribution is 0.199. The molecule has 6 nitrogen and oxygen atoms in total. The Morgan fingerprint density at radius 1 is 1.24 bits per heavy atom. The first-order valence-corrected chi connectivity index (χ1v) is 9.71. The molecule has 1 aromatic rings. The molecule has 8 heteroatoms. The molecule has 0 bridgehead atoms. The molecule has 0 aliphatic carbocycles. The number of nitrogens with one attached hydrogen (secondary N) is 1. The summed E-state index contributed by atoms with van der Waals surface area (Å²) in [6.07, 6.45) is 0.280. The highest BCUT2D eigenvalue weighted by Crippen LogP contribution is 2.19. The number of aliphatic hydroxyl groups is 1. The molecule has 0 heterocycles. The number of rotatable bonds is 6. The first kappa shape index (κ1) is 18.1. The first-order valence-electron chi connectivity index (χ1n) is 6.34. The van der Waals surface area contributed by atoms with Gasteiger partial charge in [0.2, 0.25) is 10.0 Å². The fourth-order valence-electron chi connectivity index (χ4n) is 1.42. The van der Waals surface area contributed by atoms with E-state index in [4.69, 9.17) is 0 Å². The second-order valence-corrected chi connectivity index (χ2v) is 10.0. The maximum atomic E-state index is 12.2. The summed E-state index contributed by atoms with van der Waals surface area (Å²) in [6.45, 7) is 4.22. The molecule has 0 spiro atoms. The van der Waals surface area contributed by atoms with Crippen LogP contribution in [0.1, 0.15) is 32.4 Å². The lowest BCUT2D eigenvalue weighted by Gasteiger charge is -2.22. The van der Waals surface area contributed by atoms with Crippen molar-refractivity contribution in [1.29, 1.82) is 0 Å². The van der Waals surface area contributed by atoms with Crippen LogP contribution in [0.5, 0.6) is 0 Å². The van der Waals surface area contributed by atoms with E-state index in [0.717, 1.165) is 6.26 Å². The van der Waals surface area contributed by atoms with Crippen molar-refractivity contribution in [2.45, 2.75) is 36.5 Å². The Labute approximate surface area is 126 Å². The molecule has 21 heavy (non-hydrogen) atoms. The zero-order valence-corrected chi connectivity index (χ0v) is 14.1. The Bertz CT molecular complexity index is 706. The van der Waals surface area contributed by atoms with Crippen molar-refractivity contribution in [3.63, 3.8) is 0 Å². The molecule has 120 valence electrons. The second kappa shape index (κ2) is 6.04. The van der Waals surface area contributed by atoms with Crippen LogP contribution in [-0.2, 0) is 19.9 Å². The second-order valence-electron chi connectivity index (χ2n) is 5.60. The lowest BCUT2D eigenvalue weighted by atomic mass is 10.1. The third-order valence-corrected chi connectivity index (χ3v) is 6.89. The van der Waals surface area contributed by atoms with Crippen LogP contribution in [0.15, 0.2) is 29.2 Å². The third-order valence-electron chi connectivity index (χ3n) is 3.34. The van der Waals surface area contributed by atoms with Gasteiger partial charge in [0.25, 0.3) is 0 Å². The minimum absolute atomic E-state index is 0.00907. The van der Waals surface area contributed by atoms with Crippen LogP contribution < -0.4 is 4.72 Å². The Kier molecular flexibility index (Phi) is 5.20. The SMILES string of the molecule is CC(O)c1cccc(S(=O)(=O)NCC(C)(C)S(C)(=O)=O)c1. The van der Waals surface area contributed by atoms with Gasteiger partial charge in [0.1, 0.15) is 0 Å². The van der Waals surface area contributed by atoms with E-state index in [9.17, 15) is 21.9 Å². The van der Waals surface area contributed by atoms with Gasteiger partial charge in [-0.1, -0.05) is 12.1 Å². The van der Waals surface area contributed by atoms with Crippen LogP contribution in [-0.4, -0.2) is 39.5 Å². The fourth-order valence-corrected chi connectivity index (χ4v) is 3.12. The molecular weight excluding hydrogens is 314 g/mol. The predicted octanol–water partition coefficient (Wildman–Crippen LogP) is 0.841. The molecule has 0 aliphatic rings. The Hall–Kier alpha value is -0.960. The molecule has 0 fully saturated rings. The first-order chi connectivity index (χ1) is 9.37. The van der Waals surface area contributed by atoms with E-state index in [-0.39, 0.29) is 11.4 Å². The van der Waals surface area contributed by atoms with Crippen molar-refractivity contribution in [2.24, 2.45) is 0 Å². The van der Waals surface area contributed by atoms with Crippen LogP contribution in [0.3, 0.4) is 0 Å². The van der Waals surface area contributed by atoms with Crippen molar-refractivity contribution in [1.82, 2.24) is 4.72 Å². The van der Waals surface area contributed by atoms with Crippen molar-refractivity contribution >= 4 is 19.9 Å². The summed E-state index contributed by atoms with van der Waals surface area (Å²) in [5.41, 5.74) is 0.472. The average molecular weight is 335 g/mol. The van der Waals surface area contributed by atoms with E-state index in [0.29, 0.717) is 5.56 Å². The topological polar surface area (TPSA) is 101 Å². The summed E-state index contributed by atoms with van der Waals surface area (Å²) in [5.74, 6) is 0. The molecule has 0 saturated heterocycles. The molecule has 0 aliphatic heterocycles. The lowest BCUT2D eigenvalue weighted by Crippen LogP contribution is -2.43. The van der Waals surface area contributed by atoms with Gasteiger partial charge in [0.05, 0.1) is 15.7 Å². The largest absolute Gasteiger partial charge is 0.389 e. The molecule has 0 amide bonds. The highest BCUT2D eigenvalue weighted by Gasteiger charge is 2.32. The monoisotopic (exact) mass is 335 g/mol. The van der Waals surface area contributed by atoms with Gasteiger partial charge in [-0.05, 0) is 38.5 Å². The van der Waals surface area contributed by atoms with Gasteiger partial charge in [0, 0.05) is 12.8 Å². The molecule has 1 atom stereocenters. The molecule has 1 rings (SSSR count). The molecule has 0 radical (unpaired) electrons. The summed E-state index contributed by atoms with van der Waals surface area (Å²) in [4.78, 5) is -0.00907. The van der Waals surface area contributed by atoms with Crippen LogP contribution in [0.4, 0.5) is 0 Å². The highest BCUT2D eigenvalue weighted by molar-refractivity contribution is 7.92. The van der Waals surface area contributed by atoms with E-state index in [1.54, 1.807) is 6.07 Å². The Morgan fingerprint density at radius 2 is 1.81 bits per heavy atom. The van der Waals surface area contributed by atoms with Gasteiger partial charge in [-0.3, -0.25) is 0 Å². The van der Waals surface area contributed by atoms with Crippen LogP contribution in [0, 0.1) is 0 Å². The Balaban J connectivity index is 3.01. The van der Waals surface area contributed by atoms with E-state index in [2.05, 4.69) is 4.72 Å². The number of sulfonamides is 1. The maximum Gasteiger partial charge on any atom is 0.240 e. The van der Waals surface area contributed by atoms with Crippen molar-refractivity contribution < 1.29 is 21.9 Å². The zero-order valence-electron chi connectivity index (χ0n) is 12.5. The normalized spacial score (nSPS) is 14.9. The summed E-state index contributed by atoms with van der Waals surface area (Å²) in [6, 6.07) is 5.89. The molecule has 0 aromatic heterocycles. The molecule has 0 saturated carbocycles. The van der Waals surface area contributed by atoms with Gasteiger partial charge < -0.3 is 5.11 Å². The van der Waals surface area contributed by atoms with E-state index in [1.807, 2.05) is 0 Å². The van der Waals surface area contributed by atoms with E-state index >= 15 is 0 Å². The van der Waals surface area contributed by atoms with Crippen molar-refractivity contribution in [3.8, 4) is 0 Å². The van der Waals surface area contributed by atoms with Crippen molar-refractivity contribution in [3.05, 3.63) is 29.8 Å². The smallest absolute Gasteiger partial charge is 0.240 e. The van der Waals surface area contributed by atoms with Crippen LogP contribution in [0.25, 0.3) is 0 Å². The van der Waals surface area contributed by atoms with Gasteiger partial charge in [-0.2, -0.15) is 0 Å². The fraction of sp³-hybridized carbons (Fsp3) is 0.538. The number of benzene rings is 1. The van der Waals surface area contributed by atoms with E-state index < -0.39 is 30.7 Å². The summed E-state index contributed by atoms with van der Waals surface area (Å²) in [7, 11) is -7.23. The molecule has 1 unspecified atom stereocenters. The van der Waals surface area contributed by atoms with E-state index in [1.165, 1.54) is 39.0 Å². The highest BCUT2D eigenvalue weighted by atomic mass is 32.2. The number of hydrogen-bond donors (Lipinski definition) is 2. The standard InChI is InChI=1S/C13H21NO5S2/c1-10(15)11-6-5-7-12(8-11)21(18,19)14-9-13(2,3)20(4,16)17/h5-8,10,14-15H,9H2,1-4H3. The zero-order chi connectivity index (χ0) is 16.5. The minimum atomic E-state index is -3.84. The Morgan fingerprint density at radius 3 is 2.29 bits per heavy atom. The van der Waals surface area contributed by atoms with Crippen LogP contribution in [0.2, 0.25) is 0 Å². The molecule has 2 N–H and O–H groups in total. The molecule has 1 aromatic carbocycles. The summed E-state index contributed by atoms with van der Waals surface area (Å²) < 4.78 is 48.6. The summed E-state index contributed by atoms with van der Waals surface area (Å²) in [5, 5.41) is 9.49. The third kappa shape index (κ3) is 4.50. The van der Waals surface area contributed by atoms with Gasteiger partial charge in [-0.15, -0.1) is 0 Å². The maximum absolute atomic E-state index is 12.2. The van der Waals surface area contributed by atoms with Gasteiger partial charge in [0.15, 0.2) is 9.84 Å². The predicted molar refractivity (Wildman–Crippen MR) is 81.2 cm³/mol.